The molecule has 1 aromatic carbocycles. The molecule has 2 rings (SSSR count). The normalized spacial score (nSPS) is 16.3. The van der Waals surface area contributed by atoms with Crippen molar-refractivity contribution < 1.29 is 14.3 Å². The highest BCUT2D eigenvalue weighted by molar-refractivity contribution is 6.32. The smallest absolute Gasteiger partial charge is 0.255 e. The number of hydrogen-bond acceptors (Lipinski definition) is 5. The molecule has 1 aromatic rings. The van der Waals surface area contributed by atoms with Crippen LogP contribution in [0, 0.1) is 0 Å². The molecule has 27 heavy (non-hydrogen) atoms. The molecule has 1 amide bonds. The van der Waals surface area contributed by atoms with Crippen LogP contribution in [0.4, 0.5) is 0 Å². The van der Waals surface area contributed by atoms with Crippen molar-refractivity contribution in [2.24, 2.45) is 5.73 Å². The summed E-state index contributed by atoms with van der Waals surface area (Å²) < 4.78 is 11.0. The first-order chi connectivity index (χ1) is 12.0. The van der Waals surface area contributed by atoms with Gasteiger partial charge >= 0.3 is 0 Å². The summed E-state index contributed by atoms with van der Waals surface area (Å²) in [6.45, 7) is 8.28. The largest absolute Gasteiger partial charge is 0.490 e. The van der Waals surface area contributed by atoms with Crippen LogP contribution in [0.3, 0.4) is 0 Å². The number of ether oxygens (including phenoxy) is 2. The van der Waals surface area contributed by atoms with Crippen molar-refractivity contribution in [2.45, 2.75) is 39.3 Å². The van der Waals surface area contributed by atoms with Crippen molar-refractivity contribution in [3.63, 3.8) is 0 Å². The third-order valence-corrected chi connectivity index (χ3v) is 4.62. The minimum absolute atomic E-state index is 0. The Hall–Kier alpha value is -0.920. The number of rotatable bonds is 10. The maximum absolute atomic E-state index is 10.9. The van der Waals surface area contributed by atoms with E-state index < -0.39 is 5.91 Å². The van der Waals surface area contributed by atoms with Crippen molar-refractivity contribution in [1.82, 2.24) is 10.2 Å². The zero-order chi connectivity index (χ0) is 18.2. The maximum Gasteiger partial charge on any atom is 0.255 e. The standard InChI is InChI=1S/C18H28ClN3O3.2ClH/c1-3-22-7-5-6-14(22)11-21-10-13-8-15(19)18(25-12-17(20)23)16(9-13)24-4-2;;/h8-9,14,21H,3-7,10-12H2,1-2H3,(H2,20,23);2*1H. The number of amides is 1. The lowest BCUT2D eigenvalue weighted by atomic mass is 10.1. The zero-order valence-electron chi connectivity index (χ0n) is 15.8. The number of benzene rings is 1. The fraction of sp³-hybridized carbons (Fsp3) is 0.611. The van der Waals surface area contributed by atoms with Gasteiger partial charge in [-0.05, 0) is 50.6 Å². The summed E-state index contributed by atoms with van der Waals surface area (Å²) in [6.07, 6.45) is 2.51. The Bertz CT molecular complexity index is 590. The van der Waals surface area contributed by atoms with Gasteiger partial charge in [-0.2, -0.15) is 0 Å². The predicted octanol–water partition coefficient (Wildman–Crippen LogP) is 3.02. The fourth-order valence-corrected chi connectivity index (χ4v) is 3.48. The second-order valence-electron chi connectivity index (χ2n) is 6.15. The molecule has 0 spiro atoms. The fourth-order valence-electron chi connectivity index (χ4n) is 3.20. The maximum atomic E-state index is 10.9. The molecular weight excluding hydrogens is 413 g/mol. The zero-order valence-corrected chi connectivity index (χ0v) is 18.2. The van der Waals surface area contributed by atoms with Gasteiger partial charge in [0.25, 0.3) is 5.91 Å². The molecule has 1 unspecified atom stereocenters. The first kappa shape index (κ1) is 26.1. The third kappa shape index (κ3) is 7.92. The highest BCUT2D eigenvalue weighted by atomic mass is 35.5. The van der Waals surface area contributed by atoms with Gasteiger partial charge in [-0.3, -0.25) is 9.69 Å². The quantitative estimate of drug-likeness (QED) is 0.582. The molecule has 3 N–H and O–H groups in total. The van der Waals surface area contributed by atoms with Crippen LogP contribution in [0.2, 0.25) is 5.02 Å². The molecule has 0 aliphatic carbocycles. The first-order valence-corrected chi connectivity index (χ1v) is 9.24. The molecule has 0 saturated carbocycles. The number of primary amides is 1. The van der Waals surface area contributed by atoms with Crippen molar-refractivity contribution in [2.75, 3.05) is 32.8 Å². The number of halogens is 3. The Kier molecular flexibility index (Phi) is 12.8. The van der Waals surface area contributed by atoms with Gasteiger partial charge in [-0.25, -0.2) is 0 Å². The number of nitrogens with one attached hydrogen (secondary N) is 1. The number of carbonyl (C=O) groups is 1. The Balaban J connectivity index is 0.00000338. The second kappa shape index (κ2) is 13.3. The molecule has 156 valence electrons. The van der Waals surface area contributed by atoms with E-state index in [-0.39, 0.29) is 31.4 Å². The number of likely N-dealkylation sites (tertiary alicyclic amines) is 1. The summed E-state index contributed by atoms with van der Waals surface area (Å²) in [7, 11) is 0. The minimum atomic E-state index is -0.554. The van der Waals surface area contributed by atoms with Gasteiger partial charge in [-0.15, -0.1) is 24.8 Å². The van der Waals surface area contributed by atoms with Crippen LogP contribution in [-0.4, -0.2) is 49.7 Å². The van der Waals surface area contributed by atoms with Gasteiger partial charge in [0.05, 0.1) is 11.6 Å². The van der Waals surface area contributed by atoms with Crippen LogP contribution in [0.1, 0.15) is 32.3 Å². The molecule has 9 heteroatoms. The summed E-state index contributed by atoms with van der Waals surface area (Å²) >= 11 is 6.31. The van der Waals surface area contributed by atoms with Crippen molar-refractivity contribution in [3.8, 4) is 11.5 Å². The highest BCUT2D eigenvalue weighted by Gasteiger charge is 2.22. The lowest BCUT2D eigenvalue weighted by Crippen LogP contribution is -2.37. The Morgan fingerprint density at radius 3 is 2.70 bits per heavy atom. The van der Waals surface area contributed by atoms with Crippen LogP contribution in [0.5, 0.6) is 11.5 Å². The molecule has 1 atom stereocenters. The van der Waals surface area contributed by atoms with E-state index in [2.05, 4.69) is 17.1 Å². The number of nitrogens with zero attached hydrogens (tertiary/aromatic N) is 1. The van der Waals surface area contributed by atoms with Crippen molar-refractivity contribution in [3.05, 3.63) is 22.7 Å². The number of likely N-dealkylation sites (N-methyl/N-ethyl adjacent to an activating group) is 1. The van der Waals surface area contributed by atoms with Gasteiger partial charge in [-0.1, -0.05) is 18.5 Å². The minimum Gasteiger partial charge on any atom is -0.490 e. The third-order valence-electron chi connectivity index (χ3n) is 4.34. The average Bonchev–Trinajstić information content (AvgIpc) is 3.01. The second-order valence-corrected chi connectivity index (χ2v) is 6.56. The van der Waals surface area contributed by atoms with E-state index in [9.17, 15) is 4.79 Å². The molecule has 1 aliphatic heterocycles. The van der Waals surface area contributed by atoms with E-state index in [1.165, 1.54) is 19.4 Å². The predicted molar refractivity (Wildman–Crippen MR) is 114 cm³/mol. The SMILES string of the molecule is CCOc1cc(CNCC2CCCN2CC)cc(Cl)c1OCC(N)=O.Cl.Cl. The van der Waals surface area contributed by atoms with Crippen LogP contribution >= 0.6 is 36.4 Å². The number of nitrogens with two attached hydrogens (primary N) is 1. The number of hydrogen-bond donors (Lipinski definition) is 2. The monoisotopic (exact) mass is 441 g/mol. The van der Waals surface area contributed by atoms with Gasteiger partial charge in [0.15, 0.2) is 18.1 Å². The lowest BCUT2D eigenvalue weighted by molar-refractivity contribution is -0.119. The van der Waals surface area contributed by atoms with E-state index in [0.29, 0.717) is 35.7 Å². The first-order valence-electron chi connectivity index (χ1n) is 8.86. The molecule has 1 saturated heterocycles. The Morgan fingerprint density at radius 2 is 2.07 bits per heavy atom. The molecule has 1 heterocycles. The van der Waals surface area contributed by atoms with Crippen molar-refractivity contribution >= 4 is 42.3 Å². The summed E-state index contributed by atoms with van der Waals surface area (Å²) in [4.78, 5) is 13.4. The molecule has 1 fully saturated rings. The van der Waals surface area contributed by atoms with Crippen LogP contribution < -0.4 is 20.5 Å². The van der Waals surface area contributed by atoms with Gasteiger partial charge in [0.1, 0.15) is 0 Å². The van der Waals surface area contributed by atoms with Gasteiger partial charge < -0.3 is 20.5 Å². The van der Waals surface area contributed by atoms with E-state index in [1.54, 1.807) is 0 Å². The van der Waals surface area contributed by atoms with Gasteiger partial charge in [0.2, 0.25) is 0 Å². The molecular formula is C18H30Cl3N3O3. The number of carbonyl (C=O) groups excluding carboxylic acids is 1. The average molecular weight is 443 g/mol. The Morgan fingerprint density at radius 1 is 1.33 bits per heavy atom. The van der Waals surface area contributed by atoms with Crippen molar-refractivity contribution in [1.29, 1.82) is 0 Å². The van der Waals surface area contributed by atoms with E-state index in [4.69, 9.17) is 26.8 Å². The van der Waals surface area contributed by atoms with E-state index >= 15 is 0 Å². The summed E-state index contributed by atoms with van der Waals surface area (Å²) in [6, 6.07) is 4.33. The highest BCUT2D eigenvalue weighted by Crippen LogP contribution is 2.36. The van der Waals surface area contributed by atoms with E-state index in [1.807, 2.05) is 19.1 Å². The van der Waals surface area contributed by atoms with Gasteiger partial charge in [0, 0.05) is 19.1 Å². The Labute approximate surface area is 178 Å². The molecule has 1 aliphatic rings. The molecule has 0 radical (unpaired) electrons. The van der Waals surface area contributed by atoms with Crippen LogP contribution in [0.15, 0.2) is 12.1 Å². The lowest BCUT2D eigenvalue weighted by Gasteiger charge is -2.23. The molecule has 0 bridgehead atoms. The molecule has 0 aromatic heterocycles. The molecule has 6 nitrogen and oxygen atoms in total. The topological polar surface area (TPSA) is 76.8 Å². The summed E-state index contributed by atoms with van der Waals surface area (Å²) in [5, 5.41) is 3.92. The van der Waals surface area contributed by atoms with Crippen LogP contribution in [-0.2, 0) is 11.3 Å². The van der Waals surface area contributed by atoms with E-state index in [0.717, 1.165) is 18.7 Å². The summed E-state index contributed by atoms with van der Waals surface area (Å²) in [5.41, 5.74) is 6.15. The van der Waals surface area contributed by atoms with Crippen LogP contribution in [0.25, 0.3) is 0 Å². The summed E-state index contributed by atoms with van der Waals surface area (Å²) in [5.74, 6) is 0.337.